The van der Waals surface area contributed by atoms with E-state index in [2.05, 4.69) is 11.3 Å². The molecular weight excluding hydrogens is 214 g/mol. The van der Waals surface area contributed by atoms with Crippen LogP contribution in [0.5, 0.6) is 0 Å². The zero-order chi connectivity index (χ0) is 11.3. The summed E-state index contributed by atoms with van der Waals surface area (Å²) in [4.78, 5) is 11.4. The molecule has 1 aromatic rings. The van der Waals surface area contributed by atoms with Crippen LogP contribution in [0.25, 0.3) is 0 Å². The Morgan fingerprint density at radius 3 is 2.47 bits per heavy atom. The monoisotopic (exact) mass is 224 g/mol. The molecule has 0 bridgehead atoms. The highest BCUT2D eigenvalue weighted by molar-refractivity contribution is 7.90. The molecule has 0 fully saturated rings. The second-order valence-corrected chi connectivity index (χ2v) is 4.48. The van der Waals surface area contributed by atoms with Crippen molar-refractivity contribution in [2.24, 2.45) is 0 Å². The van der Waals surface area contributed by atoms with Gasteiger partial charge in [0.2, 0.25) is 0 Å². The van der Waals surface area contributed by atoms with Crippen molar-refractivity contribution in [2.75, 3.05) is 5.75 Å². The lowest BCUT2D eigenvalue weighted by Crippen LogP contribution is -2.24. The van der Waals surface area contributed by atoms with E-state index in [1.807, 2.05) is 0 Å². The Morgan fingerprint density at radius 1 is 1.33 bits per heavy atom. The van der Waals surface area contributed by atoms with Gasteiger partial charge in [0.1, 0.15) is 0 Å². The summed E-state index contributed by atoms with van der Waals surface area (Å²) in [5.41, 5.74) is 0.255. The molecule has 0 aliphatic carbocycles. The number of hydrogen-bond donors (Lipinski definition) is 0. The Hall–Kier alpha value is -1.62. The van der Waals surface area contributed by atoms with Crippen LogP contribution >= 0.6 is 0 Å². The van der Waals surface area contributed by atoms with Crippen LogP contribution in [0.15, 0.2) is 43.0 Å². The van der Waals surface area contributed by atoms with Crippen molar-refractivity contribution in [3.63, 3.8) is 0 Å². The van der Waals surface area contributed by atoms with Crippen molar-refractivity contribution in [2.45, 2.75) is 0 Å². The highest BCUT2D eigenvalue weighted by Crippen LogP contribution is 2.00. The normalized spacial score (nSPS) is 10.7. The van der Waals surface area contributed by atoms with Crippen molar-refractivity contribution in [3.05, 3.63) is 48.6 Å². The van der Waals surface area contributed by atoms with Crippen LogP contribution in [0.1, 0.15) is 10.4 Å². The number of nitrogens with zero attached hydrogens (tertiary/aromatic N) is 1. The van der Waals surface area contributed by atoms with Gasteiger partial charge >= 0.3 is 0 Å². The first-order valence-electron chi connectivity index (χ1n) is 4.21. The minimum absolute atomic E-state index is 0.255. The van der Waals surface area contributed by atoms with Crippen LogP contribution in [0.4, 0.5) is 0 Å². The average molecular weight is 224 g/mol. The molecule has 1 aromatic carbocycles. The number of carbonyl (C=O) groups is 1. The maximum Gasteiger partial charge on any atom is 0.287 e. The van der Waals surface area contributed by atoms with Crippen molar-refractivity contribution in [1.29, 1.82) is 0 Å². The summed E-state index contributed by atoms with van der Waals surface area (Å²) in [7, 11) is -3.72. The minimum atomic E-state index is -3.72. The largest absolute Gasteiger partial charge is 0.287 e. The number of benzene rings is 1. The van der Waals surface area contributed by atoms with Gasteiger partial charge in [-0.25, -0.2) is 8.42 Å². The smallest absolute Gasteiger partial charge is 0.266 e. The maximum atomic E-state index is 11.4. The lowest BCUT2D eigenvalue weighted by atomic mass is 10.2. The molecule has 5 heteroatoms. The first-order valence-corrected chi connectivity index (χ1v) is 5.82. The zero-order valence-electron chi connectivity index (χ0n) is 7.96. The highest BCUT2D eigenvalue weighted by atomic mass is 32.2. The third-order valence-corrected chi connectivity index (χ3v) is 2.67. The molecular formula is C10H10NO3S. The number of rotatable bonds is 4. The first kappa shape index (κ1) is 11.5. The van der Waals surface area contributed by atoms with Crippen molar-refractivity contribution in [3.8, 4) is 0 Å². The van der Waals surface area contributed by atoms with Crippen LogP contribution in [0.3, 0.4) is 0 Å². The lowest BCUT2D eigenvalue weighted by Gasteiger charge is -2.00. The molecule has 0 saturated heterocycles. The fourth-order valence-corrected chi connectivity index (χ4v) is 1.68. The van der Waals surface area contributed by atoms with Gasteiger partial charge in [-0.15, -0.1) is 11.3 Å². The Balaban J connectivity index is 2.77. The Morgan fingerprint density at radius 2 is 1.93 bits per heavy atom. The van der Waals surface area contributed by atoms with Gasteiger partial charge in [0, 0.05) is 5.56 Å². The molecule has 0 atom stereocenters. The van der Waals surface area contributed by atoms with E-state index < -0.39 is 15.9 Å². The maximum absolute atomic E-state index is 11.4. The Kier molecular flexibility index (Phi) is 3.62. The molecule has 79 valence electrons. The van der Waals surface area contributed by atoms with E-state index in [-0.39, 0.29) is 11.3 Å². The molecule has 1 radical (unpaired) electrons. The predicted octanol–water partition coefficient (Wildman–Crippen LogP) is 0.947. The van der Waals surface area contributed by atoms with Gasteiger partial charge in [0.25, 0.3) is 15.9 Å². The van der Waals surface area contributed by atoms with E-state index in [0.717, 1.165) is 0 Å². The van der Waals surface area contributed by atoms with Gasteiger partial charge in [-0.1, -0.05) is 24.3 Å². The van der Waals surface area contributed by atoms with Crippen LogP contribution in [-0.2, 0) is 10.0 Å². The van der Waals surface area contributed by atoms with Crippen molar-refractivity contribution >= 4 is 15.9 Å². The van der Waals surface area contributed by atoms with E-state index in [0.29, 0.717) is 0 Å². The topological polar surface area (TPSA) is 65.3 Å². The third kappa shape index (κ3) is 3.55. The molecule has 4 nitrogen and oxygen atoms in total. The molecule has 0 aliphatic heterocycles. The summed E-state index contributed by atoms with van der Waals surface area (Å²) >= 11 is 0. The average Bonchev–Trinajstić information content (AvgIpc) is 2.18. The quantitative estimate of drug-likeness (QED) is 0.715. The number of sulfonamides is 1. The SMILES string of the molecule is C=CCS(=O)(=O)[N]C(=O)c1ccccc1. The van der Waals surface area contributed by atoms with Crippen LogP contribution in [0.2, 0.25) is 0 Å². The van der Waals surface area contributed by atoms with E-state index in [9.17, 15) is 13.2 Å². The number of hydrogen-bond acceptors (Lipinski definition) is 3. The number of amides is 1. The molecule has 0 unspecified atom stereocenters. The molecule has 0 N–H and O–H groups in total. The number of carbonyl (C=O) groups excluding carboxylic acids is 1. The Labute approximate surface area is 88.7 Å². The van der Waals surface area contributed by atoms with Crippen LogP contribution < -0.4 is 4.72 Å². The molecule has 0 spiro atoms. The summed E-state index contributed by atoms with van der Waals surface area (Å²) in [5, 5.41) is 0. The molecule has 0 saturated carbocycles. The molecule has 0 aliphatic rings. The van der Waals surface area contributed by atoms with Gasteiger partial charge in [0.05, 0.1) is 5.75 Å². The van der Waals surface area contributed by atoms with Gasteiger partial charge in [-0.2, -0.15) is 0 Å². The fourth-order valence-electron chi connectivity index (χ4n) is 0.946. The van der Waals surface area contributed by atoms with E-state index in [1.165, 1.54) is 18.2 Å². The molecule has 1 rings (SSSR count). The highest BCUT2D eigenvalue weighted by Gasteiger charge is 2.16. The second kappa shape index (κ2) is 4.75. The molecule has 0 aromatic heterocycles. The van der Waals surface area contributed by atoms with Crippen molar-refractivity contribution < 1.29 is 13.2 Å². The standard InChI is InChI=1S/C10H10NO3S/c1-2-8-15(13,14)11-10(12)9-6-4-3-5-7-9/h2-7H,1,8H2. The van der Waals surface area contributed by atoms with Gasteiger partial charge in [-0.3, -0.25) is 4.79 Å². The van der Waals surface area contributed by atoms with Crippen molar-refractivity contribution in [1.82, 2.24) is 4.72 Å². The predicted molar refractivity (Wildman–Crippen MR) is 56.9 cm³/mol. The summed E-state index contributed by atoms with van der Waals surface area (Å²) in [5.74, 6) is -1.08. The lowest BCUT2D eigenvalue weighted by molar-refractivity contribution is 0.0978. The summed E-state index contributed by atoms with van der Waals surface area (Å²) in [6.07, 6.45) is 1.19. The summed E-state index contributed by atoms with van der Waals surface area (Å²) in [6.45, 7) is 3.28. The second-order valence-electron chi connectivity index (χ2n) is 2.80. The zero-order valence-corrected chi connectivity index (χ0v) is 8.78. The van der Waals surface area contributed by atoms with Crippen LogP contribution in [-0.4, -0.2) is 20.1 Å². The van der Waals surface area contributed by atoms with Gasteiger partial charge in [-0.05, 0) is 12.1 Å². The third-order valence-electron chi connectivity index (χ3n) is 1.57. The first-order chi connectivity index (χ1) is 7.05. The Bertz CT molecular complexity index is 451. The van der Waals surface area contributed by atoms with E-state index in [4.69, 9.17) is 0 Å². The van der Waals surface area contributed by atoms with Gasteiger partial charge in [0.15, 0.2) is 0 Å². The van der Waals surface area contributed by atoms with Crippen LogP contribution in [0, 0.1) is 0 Å². The fraction of sp³-hybridized carbons (Fsp3) is 0.100. The van der Waals surface area contributed by atoms with Gasteiger partial charge < -0.3 is 0 Å². The minimum Gasteiger partial charge on any atom is -0.266 e. The molecule has 15 heavy (non-hydrogen) atoms. The van der Waals surface area contributed by atoms with E-state index >= 15 is 0 Å². The summed E-state index contributed by atoms with van der Waals surface area (Å²) < 4.78 is 25.4. The molecule has 0 heterocycles. The molecule has 1 amide bonds. The summed E-state index contributed by atoms with van der Waals surface area (Å²) in [6, 6.07) is 8.03. The van der Waals surface area contributed by atoms with E-state index in [1.54, 1.807) is 18.2 Å².